The minimum Gasteiger partial charge on any atom is -0.476 e. The summed E-state index contributed by atoms with van der Waals surface area (Å²) in [5.41, 5.74) is 0.713. The van der Waals surface area contributed by atoms with Gasteiger partial charge in [-0.1, -0.05) is 12.1 Å². The highest BCUT2D eigenvalue weighted by Gasteiger charge is 2.16. The van der Waals surface area contributed by atoms with Crippen LogP contribution in [0.2, 0.25) is 0 Å². The fraction of sp³-hybridized carbons (Fsp3) is 0.231. The molecular formula is C13H15N3O2. The van der Waals surface area contributed by atoms with E-state index in [1.807, 2.05) is 28.6 Å². The van der Waals surface area contributed by atoms with Gasteiger partial charge in [0.25, 0.3) is 0 Å². The topological polar surface area (TPSA) is 57.8 Å². The van der Waals surface area contributed by atoms with Crippen molar-refractivity contribution in [1.29, 1.82) is 0 Å². The monoisotopic (exact) mass is 245 g/mol. The van der Waals surface area contributed by atoms with Crippen LogP contribution in [0.1, 0.15) is 16.3 Å². The highest BCUT2D eigenvalue weighted by molar-refractivity contribution is 5.93. The van der Waals surface area contributed by atoms with Gasteiger partial charge in [0.15, 0.2) is 5.69 Å². The molecule has 0 amide bonds. The van der Waals surface area contributed by atoms with Crippen LogP contribution >= 0.6 is 0 Å². The predicted molar refractivity (Wildman–Crippen MR) is 68.7 cm³/mol. The average molecular weight is 245 g/mol. The molecule has 94 valence electrons. The summed E-state index contributed by atoms with van der Waals surface area (Å²) in [5, 5.41) is 9.13. The summed E-state index contributed by atoms with van der Waals surface area (Å²) < 4.78 is 1.81. The van der Waals surface area contributed by atoms with Crippen molar-refractivity contribution < 1.29 is 9.90 Å². The molecule has 2 rings (SSSR count). The van der Waals surface area contributed by atoms with Crippen LogP contribution in [0, 0.1) is 0 Å². The summed E-state index contributed by atoms with van der Waals surface area (Å²) in [4.78, 5) is 17.3. The zero-order valence-electron chi connectivity index (χ0n) is 10.2. The molecule has 18 heavy (non-hydrogen) atoms. The van der Waals surface area contributed by atoms with Crippen LogP contribution in [0.3, 0.4) is 0 Å². The second-order valence-corrected chi connectivity index (χ2v) is 4.12. The maximum absolute atomic E-state index is 11.1. The predicted octanol–water partition coefficient (Wildman–Crippen LogP) is 1.65. The minimum absolute atomic E-state index is 0.0950. The van der Waals surface area contributed by atoms with Crippen LogP contribution in [0.15, 0.2) is 37.1 Å². The lowest BCUT2D eigenvalue weighted by molar-refractivity contribution is 0.0693. The van der Waals surface area contributed by atoms with Crippen LogP contribution in [0.4, 0.5) is 0 Å². The maximum atomic E-state index is 11.1. The van der Waals surface area contributed by atoms with E-state index < -0.39 is 5.97 Å². The van der Waals surface area contributed by atoms with E-state index in [-0.39, 0.29) is 5.69 Å². The Labute approximate surface area is 105 Å². The van der Waals surface area contributed by atoms with Gasteiger partial charge in [-0.25, -0.2) is 9.78 Å². The molecule has 0 aliphatic rings. The van der Waals surface area contributed by atoms with Gasteiger partial charge in [-0.2, -0.15) is 0 Å². The normalized spacial score (nSPS) is 11.0. The van der Waals surface area contributed by atoms with Crippen molar-refractivity contribution in [2.75, 3.05) is 13.6 Å². The van der Waals surface area contributed by atoms with Crippen molar-refractivity contribution in [3.8, 4) is 0 Å². The molecule has 2 aromatic rings. The zero-order valence-corrected chi connectivity index (χ0v) is 10.2. The molecule has 1 N–H and O–H groups in total. The fourth-order valence-electron chi connectivity index (χ4n) is 1.90. The van der Waals surface area contributed by atoms with Crippen molar-refractivity contribution in [3.05, 3.63) is 48.6 Å². The Balaban J connectivity index is 2.44. The summed E-state index contributed by atoms with van der Waals surface area (Å²) in [7, 11) is 1.94. The molecular weight excluding hydrogens is 230 g/mol. The number of hydrogen-bond acceptors (Lipinski definition) is 3. The van der Waals surface area contributed by atoms with Crippen LogP contribution in [-0.2, 0) is 6.54 Å². The molecule has 2 heterocycles. The number of fused-ring (bicyclic) bond motifs is 1. The Bertz CT molecular complexity index is 589. The third kappa shape index (κ3) is 2.26. The number of pyridine rings is 1. The number of rotatable bonds is 5. The lowest BCUT2D eigenvalue weighted by Gasteiger charge is -2.12. The van der Waals surface area contributed by atoms with Crippen molar-refractivity contribution in [3.63, 3.8) is 0 Å². The molecule has 0 atom stereocenters. The van der Waals surface area contributed by atoms with E-state index in [0.29, 0.717) is 17.9 Å². The molecule has 0 aromatic carbocycles. The number of carbonyl (C=O) groups is 1. The number of likely N-dealkylation sites (N-methyl/N-ethyl adjacent to an activating group) is 1. The third-order valence-electron chi connectivity index (χ3n) is 2.68. The van der Waals surface area contributed by atoms with Crippen LogP contribution in [0.25, 0.3) is 5.52 Å². The van der Waals surface area contributed by atoms with E-state index in [1.165, 1.54) is 0 Å². The number of carboxylic acids is 1. The quantitative estimate of drug-likeness (QED) is 0.814. The van der Waals surface area contributed by atoms with Gasteiger partial charge >= 0.3 is 5.97 Å². The Kier molecular flexibility index (Phi) is 3.43. The van der Waals surface area contributed by atoms with E-state index in [9.17, 15) is 4.79 Å². The molecule has 0 bridgehead atoms. The van der Waals surface area contributed by atoms with E-state index in [2.05, 4.69) is 11.6 Å². The van der Waals surface area contributed by atoms with E-state index in [1.54, 1.807) is 18.2 Å². The van der Waals surface area contributed by atoms with E-state index in [0.717, 1.165) is 6.54 Å². The van der Waals surface area contributed by atoms with Crippen LogP contribution < -0.4 is 0 Å². The van der Waals surface area contributed by atoms with Gasteiger partial charge in [0.1, 0.15) is 5.82 Å². The van der Waals surface area contributed by atoms with Crippen LogP contribution in [-0.4, -0.2) is 39.0 Å². The third-order valence-corrected chi connectivity index (χ3v) is 2.68. The standard InChI is InChI=1S/C13H15N3O2/c1-3-7-15(2)9-11-14-12(13(17)18)10-6-4-5-8-16(10)11/h3-6,8H,1,7,9H2,2H3,(H,17,18). The summed E-state index contributed by atoms with van der Waals surface area (Å²) in [6, 6.07) is 5.42. The molecule has 0 saturated carbocycles. The van der Waals surface area contributed by atoms with Crippen LogP contribution in [0.5, 0.6) is 0 Å². The van der Waals surface area contributed by atoms with Gasteiger partial charge in [0.2, 0.25) is 0 Å². The number of carboxylic acid groups (broad SMARTS) is 1. The Morgan fingerprint density at radius 3 is 3.06 bits per heavy atom. The SMILES string of the molecule is C=CCN(C)Cc1nc(C(=O)O)c2ccccn12. The molecule has 0 aliphatic carbocycles. The highest BCUT2D eigenvalue weighted by atomic mass is 16.4. The first-order valence-electron chi connectivity index (χ1n) is 5.62. The summed E-state index contributed by atoms with van der Waals surface area (Å²) in [5.74, 6) is -0.288. The lowest BCUT2D eigenvalue weighted by atomic mass is 10.3. The zero-order chi connectivity index (χ0) is 13.1. The van der Waals surface area contributed by atoms with Gasteiger partial charge in [0.05, 0.1) is 12.1 Å². The molecule has 5 heteroatoms. The first-order chi connectivity index (χ1) is 8.63. The fourth-order valence-corrected chi connectivity index (χ4v) is 1.90. The smallest absolute Gasteiger partial charge is 0.356 e. The first kappa shape index (κ1) is 12.3. The van der Waals surface area contributed by atoms with Crippen molar-refractivity contribution in [2.24, 2.45) is 0 Å². The molecule has 0 spiro atoms. The molecule has 0 fully saturated rings. The number of hydrogen-bond donors (Lipinski definition) is 1. The van der Waals surface area contributed by atoms with Crippen molar-refractivity contribution >= 4 is 11.5 Å². The molecule has 5 nitrogen and oxygen atoms in total. The second-order valence-electron chi connectivity index (χ2n) is 4.12. The van der Waals surface area contributed by atoms with E-state index in [4.69, 9.17) is 5.11 Å². The second kappa shape index (κ2) is 5.01. The molecule has 0 unspecified atom stereocenters. The number of nitrogens with zero attached hydrogens (tertiary/aromatic N) is 3. The molecule has 2 aromatic heterocycles. The largest absolute Gasteiger partial charge is 0.476 e. The Morgan fingerprint density at radius 1 is 1.61 bits per heavy atom. The minimum atomic E-state index is -1.00. The number of aromatic carboxylic acids is 1. The molecule has 0 radical (unpaired) electrons. The Morgan fingerprint density at radius 2 is 2.39 bits per heavy atom. The van der Waals surface area contributed by atoms with Gasteiger partial charge < -0.3 is 9.51 Å². The summed E-state index contributed by atoms with van der Waals surface area (Å²) in [6.07, 6.45) is 3.62. The van der Waals surface area contributed by atoms with Gasteiger partial charge in [-0.05, 0) is 19.2 Å². The van der Waals surface area contributed by atoms with E-state index >= 15 is 0 Å². The number of imidazole rings is 1. The highest BCUT2D eigenvalue weighted by Crippen LogP contribution is 2.14. The Hall–Kier alpha value is -2.14. The summed E-state index contributed by atoms with van der Waals surface area (Å²) >= 11 is 0. The summed E-state index contributed by atoms with van der Waals surface area (Å²) in [6.45, 7) is 4.98. The first-order valence-corrected chi connectivity index (χ1v) is 5.62. The van der Waals surface area contributed by atoms with Gasteiger partial charge in [-0.15, -0.1) is 6.58 Å². The van der Waals surface area contributed by atoms with Gasteiger partial charge in [0, 0.05) is 12.7 Å². The lowest BCUT2D eigenvalue weighted by Crippen LogP contribution is -2.19. The van der Waals surface area contributed by atoms with Crippen molar-refractivity contribution in [2.45, 2.75) is 6.54 Å². The number of aromatic nitrogens is 2. The molecule has 0 aliphatic heterocycles. The average Bonchev–Trinajstić information content (AvgIpc) is 2.69. The van der Waals surface area contributed by atoms with Crippen molar-refractivity contribution in [1.82, 2.24) is 14.3 Å². The molecule has 0 saturated heterocycles. The van der Waals surface area contributed by atoms with Gasteiger partial charge in [-0.3, -0.25) is 4.90 Å². The maximum Gasteiger partial charge on any atom is 0.356 e.